The van der Waals surface area contributed by atoms with Crippen molar-refractivity contribution >= 4 is 11.6 Å². The van der Waals surface area contributed by atoms with Crippen LogP contribution in [0.3, 0.4) is 0 Å². The maximum absolute atomic E-state index is 9.90. The summed E-state index contributed by atoms with van der Waals surface area (Å²) in [5.41, 5.74) is 7.14. The molecular formula is C46H58N2O. The average molecular weight is 655 g/mol. The van der Waals surface area contributed by atoms with Gasteiger partial charge in [-0.25, -0.2) is 0 Å². The van der Waals surface area contributed by atoms with E-state index < -0.39 is 0 Å². The van der Waals surface area contributed by atoms with Crippen LogP contribution in [0.15, 0.2) is 97.3 Å². The smallest absolute Gasteiger partial charge is 0.119 e. The van der Waals surface area contributed by atoms with Crippen LogP contribution < -0.4 is 4.74 Å². The largest absolute Gasteiger partial charge is 0.494 e. The Morgan fingerprint density at radius 3 is 1.39 bits per heavy atom. The van der Waals surface area contributed by atoms with Gasteiger partial charge in [-0.05, 0) is 70.1 Å². The van der Waals surface area contributed by atoms with Gasteiger partial charge in [0.2, 0.25) is 0 Å². The van der Waals surface area contributed by atoms with Gasteiger partial charge in [0, 0.05) is 12.4 Å². The standard InChI is InChI=1S/C46H58N2O/c1-2-3-4-5-6-7-8-9-10-11-12-13-14-15-16-17-18-19-36-49-46-30-20-39(21-31-46)37-45(38-47)43-28-26-41(27-29-43)40-22-24-42(25-23-40)44-32-34-48-35-33-44/h20-35,37H,2-19,36H2,1H3/b45-37+. The van der Waals surface area contributed by atoms with Gasteiger partial charge >= 0.3 is 0 Å². The molecule has 3 nitrogen and oxygen atoms in total. The van der Waals surface area contributed by atoms with E-state index in [4.69, 9.17) is 4.74 Å². The Balaban J connectivity index is 1.06. The van der Waals surface area contributed by atoms with E-state index in [1.54, 1.807) is 0 Å². The summed E-state index contributed by atoms with van der Waals surface area (Å²) in [4.78, 5) is 4.10. The average Bonchev–Trinajstić information content (AvgIpc) is 3.16. The summed E-state index contributed by atoms with van der Waals surface area (Å²) < 4.78 is 6.01. The highest BCUT2D eigenvalue weighted by Crippen LogP contribution is 2.27. The molecule has 4 rings (SSSR count). The van der Waals surface area contributed by atoms with E-state index in [2.05, 4.69) is 54.4 Å². The third kappa shape index (κ3) is 14.5. The molecule has 0 aliphatic carbocycles. The van der Waals surface area contributed by atoms with Gasteiger partial charge in [-0.15, -0.1) is 0 Å². The number of nitriles is 1. The molecule has 0 unspecified atom stereocenters. The number of unbranched alkanes of at least 4 members (excludes halogenated alkanes) is 17. The third-order valence-corrected chi connectivity index (χ3v) is 9.51. The minimum Gasteiger partial charge on any atom is -0.494 e. The van der Waals surface area contributed by atoms with Crippen LogP contribution in [-0.2, 0) is 0 Å². The second-order valence-electron chi connectivity index (χ2n) is 13.5. The van der Waals surface area contributed by atoms with Crippen molar-refractivity contribution in [2.24, 2.45) is 0 Å². The van der Waals surface area contributed by atoms with E-state index in [-0.39, 0.29) is 0 Å². The summed E-state index contributed by atoms with van der Waals surface area (Å²) >= 11 is 0. The van der Waals surface area contributed by atoms with Gasteiger partial charge in [-0.2, -0.15) is 5.26 Å². The highest BCUT2D eigenvalue weighted by molar-refractivity contribution is 5.90. The quantitative estimate of drug-likeness (QED) is 0.0429. The van der Waals surface area contributed by atoms with E-state index in [0.717, 1.165) is 46.6 Å². The predicted octanol–water partition coefficient (Wildman–Crippen LogP) is 13.9. The zero-order chi connectivity index (χ0) is 34.2. The topological polar surface area (TPSA) is 45.9 Å². The molecule has 0 fully saturated rings. The number of benzene rings is 3. The van der Waals surface area contributed by atoms with Crippen LogP contribution in [0.2, 0.25) is 0 Å². The predicted molar refractivity (Wildman–Crippen MR) is 209 cm³/mol. The molecule has 0 aliphatic heterocycles. The second kappa shape index (κ2) is 23.2. The molecule has 3 heteroatoms. The number of rotatable bonds is 24. The van der Waals surface area contributed by atoms with Crippen LogP contribution in [0.5, 0.6) is 5.75 Å². The Hall–Kier alpha value is -4.16. The summed E-state index contributed by atoms with van der Waals surface area (Å²) in [7, 11) is 0. The van der Waals surface area contributed by atoms with Crippen molar-refractivity contribution in [3.63, 3.8) is 0 Å². The SMILES string of the molecule is CCCCCCCCCCCCCCCCCCCCOc1ccc(/C=C(\C#N)c2ccc(-c3ccc(-c4ccncc4)cc3)cc2)cc1. The fourth-order valence-corrected chi connectivity index (χ4v) is 6.44. The van der Waals surface area contributed by atoms with Crippen molar-refractivity contribution in [3.05, 3.63) is 108 Å². The Bertz CT molecular complexity index is 1500. The van der Waals surface area contributed by atoms with Gasteiger partial charge in [0.25, 0.3) is 0 Å². The van der Waals surface area contributed by atoms with Gasteiger partial charge in [0.05, 0.1) is 18.2 Å². The van der Waals surface area contributed by atoms with Crippen molar-refractivity contribution in [3.8, 4) is 34.1 Å². The van der Waals surface area contributed by atoms with Crippen molar-refractivity contribution in [2.45, 2.75) is 122 Å². The minimum atomic E-state index is 0.645. The lowest BCUT2D eigenvalue weighted by atomic mass is 9.98. The molecule has 0 bridgehead atoms. The highest BCUT2D eigenvalue weighted by atomic mass is 16.5. The summed E-state index contributed by atoms with van der Waals surface area (Å²) in [5, 5.41) is 9.90. The highest BCUT2D eigenvalue weighted by Gasteiger charge is 2.05. The summed E-state index contributed by atoms with van der Waals surface area (Å²) in [6.07, 6.45) is 30.5. The van der Waals surface area contributed by atoms with Crippen molar-refractivity contribution < 1.29 is 4.74 Å². The number of hydrogen-bond donors (Lipinski definition) is 0. The molecule has 258 valence electrons. The first kappa shape index (κ1) is 37.7. The number of hydrogen-bond acceptors (Lipinski definition) is 3. The molecule has 0 saturated carbocycles. The Labute approximate surface area is 297 Å². The molecule has 0 radical (unpaired) electrons. The van der Waals surface area contributed by atoms with Crippen LogP contribution in [0.4, 0.5) is 0 Å². The maximum Gasteiger partial charge on any atom is 0.119 e. The van der Waals surface area contributed by atoms with Crippen molar-refractivity contribution in [1.29, 1.82) is 5.26 Å². The molecule has 0 aliphatic rings. The molecule has 0 atom stereocenters. The van der Waals surface area contributed by atoms with Crippen LogP contribution >= 0.6 is 0 Å². The Morgan fingerprint density at radius 1 is 0.531 bits per heavy atom. The number of allylic oxidation sites excluding steroid dienone is 1. The monoisotopic (exact) mass is 654 g/mol. The molecule has 1 aromatic heterocycles. The van der Waals surface area contributed by atoms with Crippen LogP contribution in [-0.4, -0.2) is 11.6 Å². The van der Waals surface area contributed by atoms with Crippen LogP contribution in [0.1, 0.15) is 134 Å². The van der Waals surface area contributed by atoms with E-state index >= 15 is 0 Å². The van der Waals surface area contributed by atoms with Gasteiger partial charge in [-0.3, -0.25) is 4.98 Å². The number of pyridine rings is 1. The fourth-order valence-electron chi connectivity index (χ4n) is 6.44. The lowest BCUT2D eigenvalue weighted by Crippen LogP contribution is -1.97. The lowest BCUT2D eigenvalue weighted by molar-refractivity contribution is 0.304. The second-order valence-corrected chi connectivity index (χ2v) is 13.5. The lowest BCUT2D eigenvalue weighted by Gasteiger charge is -2.08. The summed E-state index contributed by atoms with van der Waals surface area (Å²) in [5.74, 6) is 0.891. The molecule has 0 N–H and O–H groups in total. The zero-order valence-electron chi connectivity index (χ0n) is 30.1. The summed E-state index contributed by atoms with van der Waals surface area (Å²) in [6, 6.07) is 31.2. The first-order valence-electron chi connectivity index (χ1n) is 19.2. The Kier molecular flexibility index (Phi) is 17.9. The molecular weight excluding hydrogens is 597 g/mol. The first-order chi connectivity index (χ1) is 24.3. The van der Waals surface area contributed by atoms with E-state index in [1.165, 1.54) is 115 Å². The van der Waals surface area contributed by atoms with Crippen molar-refractivity contribution in [2.75, 3.05) is 6.61 Å². The first-order valence-corrected chi connectivity index (χ1v) is 19.2. The maximum atomic E-state index is 9.90. The fraction of sp³-hybridized carbons (Fsp3) is 0.435. The summed E-state index contributed by atoms with van der Waals surface area (Å²) in [6.45, 7) is 3.05. The van der Waals surface area contributed by atoms with E-state index in [0.29, 0.717) is 5.57 Å². The van der Waals surface area contributed by atoms with Crippen molar-refractivity contribution in [1.82, 2.24) is 4.98 Å². The van der Waals surface area contributed by atoms with Gasteiger partial charge < -0.3 is 4.74 Å². The molecule has 0 spiro atoms. The normalized spacial score (nSPS) is 11.4. The number of aromatic nitrogens is 1. The molecule has 3 aromatic carbocycles. The van der Waals surface area contributed by atoms with Gasteiger partial charge in [0.1, 0.15) is 5.75 Å². The molecule has 1 heterocycles. The molecule has 0 saturated heterocycles. The van der Waals surface area contributed by atoms with E-state index in [9.17, 15) is 5.26 Å². The number of nitrogens with zero attached hydrogens (tertiary/aromatic N) is 2. The molecule has 4 aromatic rings. The third-order valence-electron chi connectivity index (χ3n) is 9.51. The molecule has 0 amide bonds. The number of ether oxygens (including phenoxy) is 1. The van der Waals surface area contributed by atoms with E-state index in [1.807, 2.05) is 67.0 Å². The van der Waals surface area contributed by atoms with Crippen LogP contribution in [0.25, 0.3) is 33.9 Å². The van der Waals surface area contributed by atoms with Crippen LogP contribution in [0, 0.1) is 11.3 Å². The minimum absolute atomic E-state index is 0.645. The zero-order valence-corrected chi connectivity index (χ0v) is 30.1. The molecule has 49 heavy (non-hydrogen) atoms. The Morgan fingerprint density at radius 2 is 0.939 bits per heavy atom. The van der Waals surface area contributed by atoms with Gasteiger partial charge in [-0.1, -0.05) is 177 Å². The van der Waals surface area contributed by atoms with Gasteiger partial charge in [0.15, 0.2) is 0 Å².